The molecule has 1 aliphatic heterocycles. The standard InChI is InChI=1S/C33H33N5O2/c1-36(23-27-6-3-9-32-31(27)8-4-16-35-32)22-25-5-2-7-30(21-25)40-29-14-18-37(19-15-29)33(39)26-10-12-28(13-11-26)38-20-17-34-24-38/h2-13,16-17,20-21,24,29H,14-15,18-19,22-23H2,1H3. The van der Waals surface area contributed by atoms with Crippen LogP contribution in [0, 0.1) is 0 Å². The zero-order chi connectivity index (χ0) is 27.3. The van der Waals surface area contributed by atoms with Crippen molar-refractivity contribution in [2.45, 2.75) is 32.0 Å². The van der Waals surface area contributed by atoms with Gasteiger partial charge in [-0.25, -0.2) is 4.98 Å². The minimum absolute atomic E-state index is 0.0719. The molecule has 2 aromatic heterocycles. The molecule has 0 bridgehead atoms. The highest BCUT2D eigenvalue weighted by atomic mass is 16.5. The van der Waals surface area contributed by atoms with Gasteiger partial charge in [0, 0.05) is 74.2 Å². The van der Waals surface area contributed by atoms with Gasteiger partial charge in [-0.15, -0.1) is 0 Å². The second-order valence-electron chi connectivity index (χ2n) is 10.4. The zero-order valence-electron chi connectivity index (χ0n) is 22.7. The summed E-state index contributed by atoms with van der Waals surface area (Å²) >= 11 is 0. The largest absolute Gasteiger partial charge is 0.490 e. The number of amides is 1. The molecule has 1 fully saturated rings. The lowest BCUT2D eigenvalue weighted by Gasteiger charge is -2.32. The molecule has 0 saturated carbocycles. The van der Waals surface area contributed by atoms with E-state index >= 15 is 0 Å². The van der Waals surface area contributed by atoms with Crippen molar-refractivity contribution in [3.63, 3.8) is 0 Å². The van der Waals surface area contributed by atoms with Gasteiger partial charge < -0.3 is 14.2 Å². The van der Waals surface area contributed by atoms with Gasteiger partial charge in [0.25, 0.3) is 5.91 Å². The summed E-state index contributed by atoms with van der Waals surface area (Å²) in [4.78, 5) is 25.9. The zero-order valence-corrected chi connectivity index (χ0v) is 22.7. The lowest BCUT2D eigenvalue weighted by molar-refractivity contribution is 0.0595. The number of aromatic nitrogens is 3. The molecule has 40 heavy (non-hydrogen) atoms. The van der Waals surface area contributed by atoms with Gasteiger partial charge in [-0.05, 0) is 66.7 Å². The Kier molecular flexibility index (Phi) is 7.55. The molecule has 0 N–H and O–H groups in total. The molecule has 5 aromatic rings. The van der Waals surface area contributed by atoms with Crippen LogP contribution in [0.25, 0.3) is 16.6 Å². The van der Waals surface area contributed by atoms with Crippen molar-refractivity contribution in [2.24, 2.45) is 0 Å². The normalized spacial score (nSPS) is 14.1. The first-order valence-electron chi connectivity index (χ1n) is 13.8. The van der Waals surface area contributed by atoms with Crippen LogP contribution in [0.15, 0.2) is 104 Å². The Morgan fingerprint density at radius 1 is 0.950 bits per heavy atom. The summed E-state index contributed by atoms with van der Waals surface area (Å²) in [5, 5.41) is 1.20. The van der Waals surface area contributed by atoms with Crippen LogP contribution in [0.4, 0.5) is 0 Å². The number of hydrogen-bond acceptors (Lipinski definition) is 5. The van der Waals surface area contributed by atoms with Gasteiger partial charge in [0.2, 0.25) is 0 Å². The fraction of sp³-hybridized carbons (Fsp3) is 0.242. The molecule has 1 saturated heterocycles. The Bertz CT molecular complexity index is 1570. The second-order valence-corrected chi connectivity index (χ2v) is 10.4. The Hall–Kier alpha value is -4.49. The van der Waals surface area contributed by atoms with E-state index in [0.717, 1.165) is 42.9 Å². The minimum Gasteiger partial charge on any atom is -0.490 e. The SMILES string of the molecule is CN(Cc1cccc(OC2CCN(C(=O)c3ccc(-n4ccnc4)cc3)CC2)c1)Cc1cccc2ncccc12. The van der Waals surface area contributed by atoms with Crippen LogP contribution in [0.3, 0.4) is 0 Å². The van der Waals surface area contributed by atoms with Gasteiger partial charge in [-0.1, -0.05) is 30.3 Å². The van der Waals surface area contributed by atoms with E-state index in [0.29, 0.717) is 18.7 Å². The first kappa shape index (κ1) is 25.8. The molecule has 7 heteroatoms. The highest BCUT2D eigenvalue weighted by Crippen LogP contribution is 2.23. The number of ether oxygens (including phenoxy) is 1. The topological polar surface area (TPSA) is 63.5 Å². The van der Waals surface area contributed by atoms with Crippen LogP contribution in [0.5, 0.6) is 5.75 Å². The van der Waals surface area contributed by atoms with Gasteiger partial charge in [0.15, 0.2) is 0 Å². The van der Waals surface area contributed by atoms with Crippen LogP contribution in [-0.4, -0.2) is 56.5 Å². The molecular formula is C33H33N5O2. The maximum atomic E-state index is 13.1. The van der Waals surface area contributed by atoms with E-state index in [9.17, 15) is 4.79 Å². The number of carbonyl (C=O) groups is 1. The third-order valence-electron chi connectivity index (χ3n) is 7.48. The fourth-order valence-electron chi connectivity index (χ4n) is 5.42. The quantitative estimate of drug-likeness (QED) is 0.256. The number of rotatable bonds is 8. The molecule has 6 rings (SSSR count). The smallest absolute Gasteiger partial charge is 0.253 e. The number of imidazole rings is 1. The number of carbonyl (C=O) groups excluding carboxylic acids is 1. The van der Waals surface area contributed by atoms with E-state index in [4.69, 9.17) is 4.74 Å². The van der Waals surface area contributed by atoms with Crippen molar-refractivity contribution in [2.75, 3.05) is 20.1 Å². The van der Waals surface area contributed by atoms with Crippen molar-refractivity contribution >= 4 is 16.8 Å². The number of fused-ring (bicyclic) bond motifs is 1. The predicted octanol–water partition coefficient (Wildman–Crippen LogP) is 5.74. The van der Waals surface area contributed by atoms with Crippen molar-refractivity contribution < 1.29 is 9.53 Å². The minimum atomic E-state index is 0.0719. The summed E-state index contributed by atoms with van der Waals surface area (Å²) in [6.45, 7) is 3.04. The summed E-state index contributed by atoms with van der Waals surface area (Å²) in [5.41, 5.74) is 5.21. The number of likely N-dealkylation sites (tertiary alicyclic amines) is 1. The summed E-state index contributed by atoms with van der Waals surface area (Å²) in [6.07, 6.45) is 8.95. The van der Waals surface area contributed by atoms with Crippen LogP contribution in [0.1, 0.15) is 34.3 Å². The predicted molar refractivity (Wildman–Crippen MR) is 156 cm³/mol. The van der Waals surface area contributed by atoms with E-state index in [1.807, 2.05) is 58.3 Å². The third kappa shape index (κ3) is 5.90. The van der Waals surface area contributed by atoms with Crippen molar-refractivity contribution in [3.8, 4) is 11.4 Å². The highest BCUT2D eigenvalue weighted by molar-refractivity contribution is 5.94. The van der Waals surface area contributed by atoms with E-state index in [-0.39, 0.29) is 12.0 Å². The molecule has 0 aliphatic carbocycles. The summed E-state index contributed by atoms with van der Waals surface area (Å²) < 4.78 is 8.29. The molecule has 0 unspecified atom stereocenters. The Labute approximate surface area is 234 Å². The maximum absolute atomic E-state index is 13.1. The summed E-state index contributed by atoms with van der Waals surface area (Å²) in [7, 11) is 2.14. The van der Waals surface area contributed by atoms with E-state index < -0.39 is 0 Å². The molecule has 0 atom stereocenters. The number of pyridine rings is 1. The average molecular weight is 532 g/mol. The third-order valence-corrected chi connectivity index (χ3v) is 7.48. The molecule has 3 heterocycles. The second kappa shape index (κ2) is 11.7. The average Bonchev–Trinajstić information content (AvgIpc) is 3.53. The van der Waals surface area contributed by atoms with Gasteiger partial charge in [-0.2, -0.15) is 0 Å². The van der Waals surface area contributed by atoms with Gasteiger partial charge in [0.05, 0.1) is 11.8 Å². The van der Waals surface area contributed by atoms with Crippen LogP contribution < -0.4 is 4.74 Å². The first-order valence-corrected chi connectivity index (χ1v) is 13.8. The Morgan fingerprint density at radius 2 is 1.77 bits per heavy atom. The maximum Gasteiger partial charge on any atom is 0.253 e. The molecular weight excluding hydrogens is 498 g/mol. The van der Waals surface area contributed by atoms with Crippen molar-refractivity contribution in [1.29, 1.82) is 0 Å². The van der Waals surface area contributed by atoms with Gasteiger partial charge >= 0.3 is 0 Å². The molecule has 3 aromatic carbocycles. The monoisotopic (exact) mass is 531 g/mol. The van der Waals surface area contributed by atoms with Gasteiger partial charge in [0.1, 0.15) is 11.9 Å². The fourth-order valence-corrected chi connectivity index (χ4v) is 5.42. The molecule has 0 radical (unpaired) electrons. The summed E-state index contributed by atoms with van der Waals surface area (Å²) in [5.74, 6) is 0.961. The number of benzene rings is 3. The number of hydrogen-bond donors (Lipinski definition) is 0. The molecule has 1 aliphatic rings. The number of nitrogens with zero attached hydrogens (tertiary/aromatic N) is 5. The van der Waals surface area contributed by atoms with Crippen molar-refractivity contribution in [1.82, 2.24) is 24.3 Å². The van der Waals surface area contributed by atoms with Crippen LogP contribution in [0.2, 0.25) is 0 Å². The van der Waals surface area contributed by atoms with Crippen LogP contribution >= 0.6 is 0 Å². The van der Waals surface area contributed by atoms with E-state index in [1.165, 1.54) is 16.5 Å². The number of piperidine rings is 1. The van der Waals surface area contributed by atoms with E-state index in [1.54, 1.807) is 12.5 Å². The summed E-state index contributed by atoms with van der Waals surface area (Å²) in [6, 6.07) is 26.5. The van der Waals surface area contributed by atoms with Gasteiger partial charge in [-0.3, -0.25) is 14.7 Å². The first-order chi connectivity index (χ1) is 19.6. The molecule has 1 amide bonds. The lowest BCUT2D eigenvalue weighted by atomic mass is 10.1. The molecule has 7 nitrogen and oxygen atoms in total. The highest BCUT2D eigenvalue weighted by Gasteiger charge is 2.25. The van der Waals surface area contributed by atoms with E-state index in [2.05, 4.69) is 64.4 Å². The lowest BCUT2D eigenvalue weighted by Crippen LogP contribution is -2.41. The Morgan fingerprint density at radius 3 is 2.58 bits per heavy atom. The molecule has 0 spiro atoms. The molecule has 202 valence electrons. The van der Waals surface area contributed by atoms with Crippen LogP contribution in [-0.2, 0) is 13.1 Å². The van der Waals surface area contributed by atoms with Crippen molar-refractivity contribution in [3.05, 3.63) is 120 Å². The Balaban J connectivity index is 1.01.